The van der Waals surface area contributed by atoms with Gasteiger partial charge < -0.3 is 24.6 Å². The van der Waals surface area contributed by atoms with Crippen molar-refractivity contribution in [1.82, 2.24) is 15.0 Å². The molecule has 3 fully saturated rings. The quantitative estimate of drug-likeness (QED) is 0.239. The van der Waals surface area contributed by atoms with Crippen LogP contribution in [0.1, 0.15) is 146 Å². The molecule has 3 aliphatic heterocycles. The van der Waals surface area contributed by atoms with Gasteiger partial charge in [0.1, 0.15) is 23.9 Å². The fourth-order valence-electron chi connectivity index (χ4n) is 8.61. The van der Waals surface area contributed by atoms with E-state index in [1.165, 1.54) is 5.06 Å². The predicted molar refractivity (Wildman–Crippen MR) is 177 cm³/mol. The van der Waals surface area contributed by atoms with E-state index >= 15 is 8.78 Å². The van der Waals surface area contributed by atoms with E-state index in [0.29, 0.717) is 12.8 Å². The van der Waals surface area contributed by atoms with Crippen LogP contribution in [-0.2, 0) is 14.2 Å². The van der Waals surface area contributed by atoms with E-state index in [0.717, 1.165) is 17.7 Å². The van der Waals surface area contributed by atoms with Gasteiger partial charge >= 0.3 is 17.9 Å². The highest BCUT2D eigenvalue weighted by atomic mass is 19.1. The van der Waals surface area contributed by atoms with Gasteiger partial charge in [-0.25, -0.2) is 23.2 Å². The zero-order chi connectivity index (χ0) is 37.1. The monoisotopic (exact) mass is 695 g/mol. The zero-order valence-electron chi connectivity index (χ0n) is 30.9. The van der Waals surface area contributed by atoms with Crippen LogP contribution in [0.25, 0.3) is 0 Å². The van der Waals surface area contributed by atoms with Crippen molar-refractivity contribution in [2.75, 3.05) is 13.1 Å². The summed E-state index contributed by atoms with van der Waals surface area (Å²) in [5.74, 6) is -6.74. The molecule has 4 rings (SSSR count). The third-order valence-electron chi connectivity index (χ3n) is 10.6. The maximum atomic E-state index is 16.2. The molecule has 1 atom stereocenters. The summed E-state index contributed by atoms with van der Waals surface area (Å²) in [4.78, 5) is 43.1. The third kappa shape index (κ3) is 7.96. The van der Waals surface area contributed by atoms with Gasteiger partial charge in [-0.05, 0) is 88.3 Å². The predicted octanol–water partition coefficient (Wildman–Crippen LogP) is 6.52. The number of ether oxygens (including phenoxy) is 3. The number of likely N-dealkylation sites (tertiary alicyclic amines) is 1. The van der Waals surface area contributed by atoms with Gasteiger partial charge in [0.05, 0.1) is 11.1 Å². The van der Waals surface area contributed by atoms with Crippen molar-refractivity contribution in [1.29, 1.82) is 0 Å². The van der Waals surface area contributed by atoms with Gasteiger partial charge in [0.2, 0.25) is 0 Å². The van der Waals surface area contributed by atoms with Crippen LogP contribution in [-0.4, -0.2) is 102 Å². The van der Waals surface area contributed by atoms with Crippen LogP contribution in [0.4, 0.5) is 8.78 Å². The third-order valence-corrected chi connectivity index (χ3v) is 10.6. The van der Waals surface area contributed by atoms with Gasteiger partial charge in [0.15, 0.2) is 11.6 Å². The molecule has 3 saturated heterocycles. The number of hydrogen-bond acceptors (Lipinski definition) is 11. The second kappa shape index (κ2) is 13.4. The lowest BCUT2D eigenvalue weighted by molar-refractivity contribution is -0.256. The zero-order valence-corrected chi connectivity index (χ0v) is 30.9. The molecule has 0 saturated carbocycles. The standard InChI is InChI=1S/C36H55F2N3O8/c1-12-39-32(2,3)17-22(18-33(39,4)5)48-29(42)24-15-25(30(43)49-23-19-35(8,9)41(46)36(10,11)20-23)28(38)26(27(24)37)31(44)47-21-13-14-40(45)34(6,7)16-21/h15,21-23,45-46H,12-14,16-20H2,1-11H3. The van der Waals surface area contributed by atoms with E-state index in [2.05, 4.69) is 4.90 Å². The Morgan fingerprint density at radius 2 is 1.06 bits per heavy atom. The maximum absolute atomic E-state index is 16.2. The van der Waals surface area contributed by atoms with E-state index in [1.54, 1.807) is 41.5 Å². The summed E-state index contributed by atoms with van der Waals surface area (Å²) in [5.41, 5.74) is -5.90. The van der Waals surface area contributed by atoms with Gasteiger partial charge in [-0.15, -0.1) is 0 Å². The average molecular weight is 696 g/mol. The number of halogens is 2. The minimum atomic E-state index is -1.51. The van der Waals surface area contributed by atoms with Gasteiger partial charge in [0, 0.05) is 66.3 Å². The normalized spacial score (nSPS) is 25.8. The van der Waals surface area contributed by atoms with Gasteiger partial charge in [-0.1, -0.05) is 6.92 Å². The number of rotatable bonds is 7. The van der Waals surface area contributed by atoms with Crippen molar-refractivity contribution in [3.63, 3.8) is 0 Å². The van der Waals surface area contributed by atoms with E-state index in [9.17, 15) is 24.8 Å². The number of benzene rings is 1. The summed E-state index contributed by atoms with van der Waals surface area (Å²) < 4.78 is 49.6. The van der Waals surface area contributed by atoms with Crippen LogP contribution in [0.5, 0.6) is 0 Å². The molecule has 276 valence electrons. The number of hydrogen-bond donors (Lipinski definition) is 2. The van der Waals surface area contributed by atoms with Crippen LogP contribution in [0.2, 0.25) is 0 Å². The molecular weight excluding hydrogens is 640 g/mol. The lowest BCUT2D eigenvalue weighted by Gasteiger charge is -2.54. The van der Waals surface area contributed by atoms with E-state index in [1.807, 2.05) is 34.6 Å². The van der Waals surface area contributed by atoms with Crippen molar-refractivity contribution in [2.45, 2.75) is 161 Å². The van der Waals surface area contributed by atoms with Crippen LogP contribution >= 0.6 is 0 Å². The Labute approximate surface area is 288 Å². The molecule has 11 nitrogen and oxygen atoms in total. The molecule has 49 heavy (non-hydrogen) atoms. The Morgan fingerprint density at radius 3 is 1.47 bits per heavy atom. The van der Waals surface area contributed by atoms with E-state index in [4.69, 9.17) is 14.2 Å². The average Bonchev–Trinajstić information content (AvgIpc) is 2.92. The number of nitrogens with zero attached hydrogens (tertiary/aromatic N) is 3. The molecule has 0 amide bonds. The van der Waals surface area contributed by atoms with Gasteiger partial charge in [-0.3, -0.25) is 4.90 Å². The highest BCUT2D eigenvalue weighted by Crippen LogP contribution is 2.41. The molecule has 3 heterocycles. The number of carbonyl (C=O) groups is 3. The fourth-order valence-corrected chi connectivity index (χ4v) is 8.61. The smallest absolute Gasteiger partial charge is 0.344 e. The lowest BCUT2D eigenvalue weighted by atomic mass is 9.78. The first-order valence-corrected chi connectivity index (χ1v) is 17.2. The molecule has 1 aromatic carbocycles. The fraction of sp³-hybridized carbons (Fsp3) is 0.750. The first-order valence-electron chi connectivity index (χ1n) is 17.2. The number of piperidine rings is 3. The first-order chi connectivity index (χ1) is 22.3. The van der Waals surface area contributed by atoms with Crippen molar-refractivity contribution in [3.05, 3.63) is 34.4 Å². The summed E-state index contributed by atoms with van der Waals surface area (Å²) in [5, 5.41) is 23.2. The van der Waals surface area contributed by atoms with Gasteiger partial charge in [-0.2, -0.15) is 10.1 Å². The summed E-state index contributed by atoms with van der Waals surface area (Å²) >= 11 is 0. The Kier molecular flexibility index (Phi) is 10.7. The van der Waals surface area contributed by atoms with Crippen molar-refractivity contribution in [3.8, 4) is 0 Å². The summed E-state index contributed by atoms with van der Waals surface area (Å²) in [7, 11) is 0. The van der Waals surface area contributed by atoms with Crippen molar-refractivity contribution in [2.24, 2.45) is 0 Å². The Morgan fingerprint density at radius 1 is 0.673 bits per heavy atom. The minimum Gasteiger partial charge on any atom is -0.459 e. The highest BCUT2D eigenvalue weighted by Gasteiger charge is 2.48. The van der Waals surface area contributed by atoms with Crippen LogP contribution in [0.3, 0.4) is 0 Å². The summed E-state index contributed by atoms with van der Waals surface area (Å²) in [6, 6.07) is 0.744. The molecule has 0 spiro atoms. The summed E-state index contributed by atoms with van der Waals surface area (Å²) in [6.07, 6.45) is -0.537. The molecule has 1 aromatic rings. The van der Waals surface area contributed by atoms with E-state index < -0.39 is 81.2 Å². The molecule has 0 radical (unpaired) electrons. The van der Waals surface area contributed by atoms with E-state index in [-0.39, 0.29) is 43.3 Å². The Bertz CT molecular complexity index is 1420. The molecule has 0 aromatic heterocycles. The topological polar surface area (TPSA) is 129 Å². The lowest BCUT2D eigenvalue weighted by Crippen LogP contribution is -2.62. The molecular formula is C36H55F2N3O8. The van der Waals surface area contributed by atoms with Crippen molar-refractivity contribution < 1.29 is 47.8 Å². The molecule has 13 heteroatoms. The SMILES string of the molecule is CCN1C(C)(C)CC(OC(=O)c2cc(C(=O)OC3CC(C)(C)N(O)C(C)(C)C3)c(F)c(C(=O)OC3CCN(O)C(C)(C)C3)c2F)CC1(C)C. The molecule has 3 aliphatic rings. The first kappa shape index (κ1) is 39.1. The number of hydroxylamine groups is 4. The molecule has 1 unspecified atom stereocenters. The summed E-state index contributed by atoms with van der Waals surface area (Å²) in [6.45, 7) is 21.6. The van der Waals surface area contributed by atoms with Crippen LogP contribution < -0.4 is 0 Å². The Hall–Kier alpha value is -2.71. The highest BCUT2D eigenvalue weighted by molar-refractivity contribution is 6.01. The van der Waals surface area contributed by atoms with Crippen molar-refractivity contribution >= 4 is 17.9 Å². The second-order valence-corrected chi connectivity index (χ2v) is 17.1. The minimum absolute atomic E-state index is 0.156. The molecule has 2 N–H and O–H groups in total. The number of esters is 3. The van der Waals surface area contributed by atoms with Gasteiger partial charge in [0.25, 0.3) is 0 Å². The molecule has 0 bridgehead atoms. The molecule has 0 aliphatic carbocycles. The largest absolute Gasteiger partial charge is 0.459 e. The maximum Gasteiger partial charge on any atom is 0.344 e. The van der Waals surface area contributed by atoms with Crippen LogP contribution in [0.15, 0.2) is 6.07 Å². The van der Waals surface area contributed by atoms with Crippen LogP contribution in [0, 0.1) is 11.6 Å². The second-order valence-electron chi connectivity index (χ2n) is 17.1. The number of carbonyl (C=O) groups excluding carboxylic acids is 3. The Balaban J connectivity index is 1.70.